The van der Waals surface area contributed by atoms with Crippen LogP contribution in [0.1, 0.15) is 5.56 Å². The number of aryl methyl sites for hydroxylation is 1. The number of aromatic nitrogens is 3. The van der Waals surface area contributed by atoms with E-state index in [2.05, 4.69) is 10.1 Å². The van der Waals surface area contributed by atoms with Crippen LogP contribution in [0.15, 0.2) is 63.9 Å². The zero-order valence-corrected chi connectivity index (χ0v) is 15.7. The van der Waals surface area contributed by atoms with E-state index in [0.29, 0.717) is 26.8 Å². The zero-order chi connectivity index (χ0) is 18.5. The van der Waals surface area contributed by atoms with Crippen molar-refractivity contribution >= 4 is 38.9 Å². The summed E-state index contributed by atoms with van der Waals surface area (Å²) in [7, 11) is 0. The molecule has 27 heavy (non-hydrogen) atoms. The smallest absolute Gasteiger partial charge is 0.345 e. The van der Waals surface area contributed by atoms with Crippen LogP contribution in [0.2, 0.25) is 5.02 Å². The number of halogens is 1. The van der Waals surface area contributed by atoms with Gasteiger partial charge in [0, 0.05) is 16.0 Å². The fourth-order valence-corrected chi connectivity index (χ4v) is 3.97. The van der Waals surface area contributed by atoms with Gasteiger partial charge in [-0.25, -0.2) is 14.3 Å². The molecule has 5 aromatic rings. The van der Waals surface area contributed by atoms with Crippen molar-refractivity contribution in [1.82, 2.24) is 14.6 Å². The lowest BCUT2D eigenvalue weighted by Crippen LogP contribution is -2.02. The van der Waals surface area contributed by atoms with Crippen molar-refractivity contribution in [1.29, 1.82) is 0 Å². The van der Waals surface area contributed by atoms with E-state index in [-0.39, 0.29) is 0 Å². The minimum atomic E-state index is -0.407. The van der Waals surface area contributed by atoms with Gasteiger partial charge in [-0.05, 0) is 37.3 Å². The zero-order valence-electron chi connectivity index (χ0n) is 14.1. The molecule has 3 aromatic heterocycles. The molecule has 0 atom stereocenters. The van der Waals surface area contributed by atoms with E-state index >= 15 is 0 Å². The van der Waals surface area contributed by atoms with Gasteiger partial charge in [-0.3, -0.25) is 0 Å². The molecule has 0 aliphatic rings. The first-order chi connectivity index (χ1) is 13.1. The molecule has 0 saturated heterocycles. The van der Waals surface area contributed by atoms with Crippen LogP contribution in [0.4, 0.5) is 0 Å². The lowest BCUT2D eigenvalue weighted by atomic mass is 10.1. The van der Waals surface area contributed by atoms with Crippen LogP contribution < -0.4 is 5.63 Å². The molecule has 0 bridgehead atoms. The second-order valence-electron chi connectivity index (χ2n) is 6.26. The van der Waals surface area contributed by atoms with Gasteiger partial charge in [0.05, 0.1) is 17.5 Å². The summed E-state index contributed by atoms with van der Waals surface area (Å²) in [5, 5.41) is 6.95. The fourth-order valence-electron chi connectivity index (χ4n) is 2.96. The third-order valence-electron chi connectivity index (χ3n) is 4.30. The second-order valence-corrected chi connectivity index (χ2v) is 7.65. The summed E-state index contributed by atoms with van der Waals surface area (Å²) in [4.78, 5) is 17.7. The Labute approximate surface area is 162 Å². The van der Waals surface area contributed by atoms with Gasteiger partial charge in [-0.15, -0.1) is 0 Å². The van der Waals surface area contributed by atoms with Crippen molar-refractivity contribution in [3.63, 3.8) is 0 Å². The van der Waals surface area contributed by atoms with Crippen molar-refractivity contribution in [3.8, 4) is 21.8 Å². The van der Waals surface area contributed by atoms with Gasteiger partial charge in [0.25, 0.3) is 0 Å². The van der Waals surface area contributed by atoms with E-state index < -0.39 is 5.63 Å². The van der Waals surface area contributed by atoms with Gasteiger partial charge in [0.1, 0.15) is 10.6 Å². The molecule has 2 aromatic carbocycles. The standard InChI is InChI=1S/C20H12ClN3O2S/c1-11-2-7-17-13(8-11)9-15(19(25)26-17)16-10-24-20(22-16)27-18(23-24)12-3-5-14(21)6-4-12/h2-10H,1H3. The maximum Gasteiger partial charge on any atom is 0.345 e. The lowest BCUT2D eigenvalue weighted by Gasteiger charge is -2.00. The van der Waals surface area contributed by atoms with Crippen LogP contribution in [0, 0.1) is 6.92 Å². The first-order valence-corrected chi connectivity index (χ1v) is 9.43. The maximum atomic E-state index is 12.4. The Hall–Kier alpha value is -2.96. The van der Waals surface area contributed by atoms with Crippen LogP contribution in [0.5, 0.6) is 0 Å². The molecule has 0 radical (unpaired) electrons. The summed E-state index contributed by atoms with van der Waals surface area (Å²) in [6.07, 6.45) is 1.75. The number of fused-ring (bicyclic) bond motifs is 2. The molecule has 3 heterocycles. The van der Waals surface area contributed by atoms with Crippen molar-refractivity contribution in [2.75, 3.05) is 0 Å². The number of hydrogen-bond donors (Lipinski definition) is 0. The van der Waals surface area contributed by atoms with Crippen molar-refractivity contribution in [3.05, 3.63) is 75.7 Å². The molecule has 132 valence electrons. The molecule has 7 heteroatoms. The third-order valence-corrected chi connectivity index (χ3v) is 5.52. The number of hydrogen-bond acceptors (Lipinski definition) is 5. The van der Waals surface area contributed by atoms with E-state index in [1.165, 1.54) is 11.3 Å². The highest BCUT2D eigenvalue weighted by atomic mass is 35.5. The molecule has 0 fully saturated rings. The Morgan fingerprint density at radius 3 is 2.70 bits per heavy atom. The molecular weight excluding hydrogens is 382 g/mol. The van der Waals surface area contributed by atoms with Crippen LogP contribution in [-0.2, 0) is 0 Å². The molecule has 0 aliphatic carbocycles. The maximum absolute atomic E-state index is 12.4. The normalized spacial score (nSPS) is 11.5. The Balaban J connectivity index is 1.60. The molecule has 0 saturated carbocycles. The van der Waals surface area contributed by atoms with Gasteiger partial charge in [-0.2, -0.15) is 5.10 Å². The highest BCUT2D eigenvalue weighted by molar-refractivity contribution is 7.19. The average molecular weight is 394 g/mol. The van der Waals surface area contributed by atoms with E-state index in [9.17, 15) is 4.79 Å². The van der Waals surface area contributed by atoms with Gasteiger partial charge in [-0.1, -0.05) is 46.7 Å². The van der Waals surface area contributed by atoms with Gasteiger partial charge < -0.3 is 4.42 Å². The summed E-state index contributed by atoms with van der Waals surface area (Å²) in [6.45, 7) is 2.00. The number of benzene rings is 2. The van der Waals surface area contributed by atoms with Gasteiger partial charge >= 0.3 is 5.63 Å². The van der Waals surface area contributed by atoms with Crippen LogP contribution in [0.25, 0.3) is 37.8 Å². The predicted molar refractivity (Wildman–Crippen MR) is 108 cm³/mol. The number of imidazole rings is 1. The van der Waals surface area contributed by atoms with Crippen LogP contribution in [0.3, 0.4) is 0 Å². The van der Waals surface area contributed by atoms with Crippen molar-refractivity contribution in [2.45, 2.75) is 6.92 Å². The fraction of sp³-hybridized carbons (Fsp3) is 0.0500. The SMILES string of the molecule is Cc1ccc2oc(=O)c(-c3cn4nc(-c5ccc(Cl)cc5)sc4n3)cc2c1. The summed E-state index contributed by atoms with van der Waals surface area (Å²) in [5.74, 6) is 0. The van der Waals surface area contributed by atoms with Crippen molar-refractivity contribution < 1.29 is 4.42 Å². The molecule has 0 spiro atoms. The Morgan fingerprint density at radius 1 is 1.11 bits per heavy atom. The molecule has 0 aliphatic heterocycles. The minimum absolute atomic E-state index is 0.407. The summed E-state index contributed by atoms with van der Waals surface area (Å²) in [6, 6.07) is 15.0. The molecule has 0 amide bonds. The van der Waals surface area contributed by atoms with E-state index in [1.54, 1.807) is 10.7 Å². The minimum Gasteiger partial charge on any atom is -0.422 e. The van der Waals surface area contributed by atoms with Crippen LogP contribution in [-0.4, -0.2) is 14.6 Å². The third kappa shape index (κ3) is 2.83. The summed E-state index contributed by atoms with van der Waals surface area (Å²) < 4.78 is 7.13. The Morgan fingerprint density at radius 2 is 1.93 bits per heavy atom. The molecule has 5 nitrogen and oxygen atoms in total. The molecular formula is C20H12ClN3O2S. The highest BCUT2D eigenvalue weighted by Gasteiger charge is 2.15. The largest absolute Gasteiger partial charge is 0.422 e. The summed E-state index contributed by atoms with van der Waals surface area (Å²) in [5.41, 5.74) is 3.21. The summed E-state index contributed by atoms with van der Waals surface area (Å²) >= 11 is 7.39. The monoisotopic (exact) mass is 393 g/mol. The Bertz CT molecular complexity index is 1330. The highest BCUT2D eigenvalue weighted by Crippen LogP contribution is 2.29. The number of nitrogens with zero attached hydrogens (tertiary/aromatic N) is 3. The van der Waals surface area contributed by atoms with E-state index in [1.807, 2.05) is 55.5 Å². The molecule has 0 N–H and O–H groups in total. The first-order valence-electron chi connectivity index (χ1n) is 8.24. The second kappa shape index (κ2) is 6.04. The predicted octanol–water partition coefficient (Wildman–Crippen LogP) is 5.19. The van der Waals surface area contributed by atoms with E-state index in [4.69, 9.17) is 16.0 Å². The van der Waals surface area contributed by atoms with E-state index in [0.717, 1.165) is 21.5 Å². The number of rotatable bonds is 2. The first kappa shape index (κ1) is 16.2. The van der Waals surface area contributed by atoms with Gasteiger partial charge in [0.15, 0.2) is 0 Å². The van der Waals surface area contributed by atoms with Crippen molar-refractivity contribution in [2.24, 2.45) is 0 Å². The topological polar surface area (TPSA) is 60.4 Å². The Kier molecular flexibility index (Phi) is 3.63. The molecule has 0 unspecified atom stereocenters. The van der Waals surface area contributed by atoms with Crippen LogP contribution >= 0.6 is 22.9 Å². The molecule has 5 rings (SSSR count). The average Bonchev–Trinajstić information content (AvgIpc) is 3.21. The van der Waals surface area contributed by atoms with Gasteiger partial charge in [0.2, 0.25) is 4.96 Å². The lowest BCUT2D eigenvalue weighted by molar-refractivity contribution is 0.563. The quantitative estimate of drug-likeness (QED) is 0.387.